The van der Waals surface area contributed by atoms with E-state index in [0.717, 1.165) is 10.5 Å². The van der Waals surface area contributed by atoms with E-state index in [9.17, 15) is 26.3 Å². The Kier molecular flexibility index (Phi) is 3.89. The maximum atomic E-state index is 14.1. The van der Waals surface area contributed by atoms with E-state index in [0.29, 0.717) is 5.56 Å². The second-order valence-electron chi connectivity index (χ2n) is 6.82. The molecule has 2 aromatic carbocycles. The third kappa shape index (κ3) is 2.47. The Morgan fingerprint density at radius 2 is 1.50 bits per heavy atom. The van der Waals surface area contributed by atoms with Gasteiger partial charge in [0, 0.05) is 11.8 Å². The number of aryl methyl sites for hydroxylation is 1. The summed E-state index contributed by atoms with van der Waals surface area (Å²) in [7, 11) is 0. The van der Waals surface area contributed by atoms with Crippen molar-refractivity contribution >= 4 is 11.9 Å². The zero-order valence-electron chi connectivity index (χ0n) is 14.5. The molecule has 2 aromatic rings. The number of nitrogens with zero attached hydrogens (tertiary/aromatic N) is 2. The van der Waals surface area contributed by atoms with Crippen molar-refractivity contribution in [2.45, 2.75) is 30.9 Å². The smallest absolute Gasteiger partial charge is 0.322 e. The fraction of sp³-hybridized carbons (Fsp3) is 0.250. The van der Waals surface area contributed by atoms with Gasteiger partial charge in [-0.25, -0.2) is 4.99 Å². The highest BCUT2D eigenvalue weighted by Gasteiger charge is 2.79. The summed E-state index contributed by atoms with van der Waals surface area (Å²) >= 11 is 0. The lowest BCUT2D eigenvalue weighted by Crippen LogP contribution is -2.59. The maximum absolute atomic E-state index is 14.1. The molecule has 0 amide bonds. The Morgan fingerprint density at radius 1 is 0.893 bits per heavy atom. The standard InChI is InChI=1S/C20H14F6N2/c1-12-6-8-14(9-7-12)17-27-18(19(21,22)23,20(24,25)26)16-15-5-3-2-4-13(15)10-11-28(16)17/h2-11,16H,1H3. The van der Waals surface area contributed by atoms with Crippen molar-refractivity contribution in [3.63, 3.8) is 0 Å². The molecule has 0 saturated carbocycles. The van der Waals surface area contributed by atoms with E-state index in [2.05, 4.69) is 4.99 Å². The van der Waals surface area contributed by atoms with E-state index in [-0.39, 0.29) is 17.0 Å². The van der Waals surface area contributed by atoms with Gasteiger partial charge in [-0.1, -0.05) is 54.1 Å². The molecule has 2 aliphatic rings. The Bertz CT molecular complexity index is 955. The molecular weight excluding hydrogens is 382 g/mol. The summed E-state index contributed by atoms with van der Waals surface area (Å²) in [4.78, 5) is 4.33. The summed E-state index contributed by atoms with van der Waals surface area (Å²) in [6, 6.07) is 9.90. The van der Waals surface area contributed by atoms with Gasteiger partial charge in [0.15, 0.2) is 0 Å². The van der Waals surface area contributed by atoms with Crippen molar-refractivity contribution in [2.75, 3.05) is 0 Å². The molecule has 1 atom stereocenters. The highest BCUT2D eigenvalue weighted by Crippen LogP contribution is 2.59. The number of benzene rings is 2. The number of hydrogen-bond acceptors (Lipinski definition) is 2. The second kappa shape index (κ2) is 5.86. The summed E-state index contributed by atoms with van der Waals surface area (Å²) in [6.07, 6.45) is -8.54. The van der Waals surface area contributed by atoms with Crippen molar-refractivity contribution in [3.05, 3.63) is 77.0 Å². The van der Waals surface area contributed by atoms with Gasteiger partial charge in [0.1, 0.15) is 11.9 Å². The molecule has 0 saturated heterocycles. The molecule has 0 spiro atoms. The molecule has 0 bridgehead atoms. The molecule has 28 heavy (non-hydrogen) atoms. The average molecular weight is 396 g/mol. The van der Waals surface area contributed by atoms with Crippen molar-refractivity contribution in [2.24, 2.45) is 4.99 Å². The number of aliphatic imine (C=N–C) groups is 1. The lowest BCUT2D eigenvalue weighted by atomic mass is 9.81. The number of hydrogen-bond donors (Lipinski definition) is 0. The van der Waals surface area contributed by atoms with Gasteiger partial charge in [0.25, 0.3) is 5.54 Å². The van der Waals surface area contributed by atoms with Gasteiger partial charge in [-0.05, 0) is 24.1 Å². The first-order chi connectivity index (χ1) is 13.1. The Hall–Kier alpha value is -2.77. The lowest BCUT2D eigenvalue weighted by molar-refractivity contribution is -0.304. The second-order valence-corrected chi connectivity index (χ2v) is 6.82. The van der Waals surface area contributed by atoms with Crippen LogP contribution in [0.5, 0.6) is 0 Å². The average Bonchev–Trinajstić information content (AvgIpc) is 2.99. The summed E-state index contributed by atoms with van der Waals surface area (Å²) in [5, 5.41) is 0. The van der Waals surface area contributed by atoms with Crippen LogP contribution in [0.3, 0.4) is 0 Å². The van der Waals surface area contributed by atoms with E-state index < -0.39 is 23.9 Å². The van der Waals surface area contributed by atoms with E-state index >= 15 is 0 Å². The number of rotatable bonds is 1. The van der Waals surface area contributed by atoms with Gasteiger partial charge >= 0.3 is 12.4 Å². The highest BCUT2D eigenvalue weighted by atomic mass is 19.4. The topological polar surface area (TPSA) is 15.6 Å². The Balaban J connectivity index is 2.02. The molecule has 2 aliphatic heterocycles. The number of amidine groups is 1. The van der Waals surface area contributed by atoms with Gasteiger partial charge in [0.2, 0.25) is 0 Å². The molecule has 1 unspecified atom stereocenters. The molecular formula is C20H14F6N2. The first kappa shape index (κ1) is 18.6. The SMILES string of the molecule is Cc1ccc(C2=NC(C(F)(F)F)(C(F)(F)F)C3c4ccccc4C=CN23)cc1. The first-order valence-electron chi connectivity index (χ1n) is 8.42. The fourth-order valence-electron chi connectivity index (χ4n) is 3.73. The fourth-order valence-corrected chi connectivity index (χ4v) is 3.73. The number of fused-ring (bicyclic) bond motifs is 3. The van der Waals surface area contributed by atoms with Gasteiger partial charge < -0.3 is 4.90 Å². The van der Waals surface area contributed by atoms with Crippen molar-refractivity contribution in [1.29, 1.82) is 0 Å². The molecule has 0 N–H and O–H groups in total. The highest BCUT2D eigenvalue weighted by molar-refractivity contribution is 6.02. The van der Waals surface area contributed by atoms with Crippen LogP contribution < -0.4 is 0 Å². The van der Waals surface area contributed by atoms with Crippen LogP contribution in [0.25, 0.3) is 6.08 Å². The molecule has 146 valence electrons. The number of halogens is 6. The van der Waals surface area contributed by atoms with Gasteiger partial charge in [0.05, 0.1) is 0 Å². The summed E-state index contributed by atoms with van der Waals surface area (Å²) in [5.41, 5.74) is -3.00. The molecule has 0 aromatic heterocycles. The zero-order valence-corrected chi connectivity index (χ0v) is 14.5. The summed E-state index contributed by atoms with van der Waals surface area (Å²) in [5.74, 6) is -0.356. The van der Waals surface area contributed by atoms with E-state index in [1.807, 2.05) is 0 Å². The van der Waals surface area contributed by atoms with E-state index in [1.54, 1.807) is 25.1 Å². The van der Waals surface area contributed by atoms with Crippen LogP contribution in [0.1, 0.15) is 28.3 Å². The van der Waals surface area contributed by atoms with E-state index in [4.69, 9.17) is 0 Å². The van der Waals surface area contributed by atoms with Crippen molar-refractivity contribution in [3.8, 4) is 0 Å². The van der Waals surface area contributed by atoms with Crippen molar-refractivity contribution < 1.29 is 26.3 Å². The van der Waals surface area contributed by atoms with Crippen LogP contribution >= 0.6 is 0 Å². The largest absolute Gasteiger partial charge is 0.425 e. The third-order valence-corrected chi connectivity index (χ3v) is 5.08. The van der Waals surface area contributed by atoms with Crippen LogP contribution in [0.15, 0.2) is 59.7 Å². The predicted molar refractivity (Wildman–Crippen MR) is 92.6 cm³/mol. The Morgan fingerprint density at radius 3 is 2.11 bits per heavy atom. The monoisotopic (exact) mass is 396 g/mol. The van der Waals surface area contributed by atoms with Gasteiger partial charge in [-0.15, -0.1) is 0 Å². The van der Waals surface area contributed by atoms with Gasteiger partial charge in [-0.3, -0.25) is 0 Å². The van der Waals surface area contributed by atoms with E-state index in [1.165, 1.54) is 42.6 Å². The molecule has 0 fully saturated rings. The number of alkyl halides is 6. The minimum atomic E-state index is -5.64. The van der Waals surface area contributed by atoms with Crippen LogP contribution in [0.4, 0.5) is 26.3 Å². The summed E-state index contributed by atoms with van der Waals surface area (Å²) in [6.45, 7) is 1.77. The van der Waals surface area contributed by atoms with Crippen LogP contribution in [-0.2, 0) is 0 Å². The first-order valence-corrected chi connectivity index (χ1v) is 8.42. The minimum absolute atomic E-state index is 0.0643. The summed E-state index contributed by atoms with van der Waals surface area (Å²) < 4.78 is 84.3. The quantitative estimate of drug-likeness (QED) is 0.569. The lowest BCUT2D eigenvalue weighted by Gasteiger charge is -2.40. The van der Waals surface area contributed by atoms with Crippen molar-refractivity contribution in [1.82, 2.24) is 4.90 Å². The van der Waals surface area contributed by atoms with Crippen LogP contribution in [-0.4, -0.2) is 28.6 Å². The molecule has 8 heteroatoms. The van der Waals surface area contributed by atoms with Gasteiger partial charge in [-0.2, -0.15) is 26.3 Å². The van der Waals surface area contributed by atoms with Crippen LogP contribution in [0.2, 0.25) is 0 Å². The van der Waals surface area contributed by atoms with Crippen LogP contribution in [0, 0.1) is 6.92 Å². The molecule has 0 radical (unpaired) electrons. The predicted octanol–water partition coefficient (Wildman–Crippen LogP) is 5.65. The normalized spacial score (nSPS) is 20.6. The third-order valence-electron chi connectivity index (χ3n) is 5.08. The zero-order chi connectivity index (χ0) is 20.3. The minimum Gasteiger partial charge on any atom is -0.322 e. The molecule has 2 heterocycles. The Labute approximate surface area is 156 Å². The maximum Gasteiger partial charge on any atom is 0.425 e. The molecule has 2 nitrogen and oxygen atoms in total. The molecule has 4 rings (SSSR count). The molecule has 0 aliphatic carbocycles.